The van der Waals surface area contributed by atoms with Crippen molar-refractivity contribution in [1.29, 1.82) is 0 Å². The normalized spacial score (nSPS) is 13.3. The maximum Gasteiger partial charge on any atom is 0.407 e. The summed E-state index contributed by atoms with van der Waals surface area (Å²) in [5.74, 6) is -0.517. The van der Waals surface area contributed by atoms with Crippen LogP contribution in [0.1, 0.15) is 50.7 Å². The molecule has 0 aromatic heterocycles. The van der Waals surface area contributed by atoms with Gasteiger partial charge >= 0.3 is 12.1 Å². The van der Waals surface area contributed by atoms with E-state index in [0.29, 0.717) is 0 Å². The van der Waals surface area contributed by atoms with Crippen LogP contribution in [0.3, 0.4) is 0 Å². The summed E-state index contributed by atoms with van der Waals surface area (Å²) in [6.07, 6.45) is -0.595. The monoisotopic (exact) mass is 517 g/mol. The Morgan fingerprint density at radius 1 is 0.865 bits per heavy atom. The number of alkyl carbamates (subject to hydrolysis) is 1. The first-order valence-corrected chi connectivity index (χ1v) is 13.1. The van der Waals surface area contributed by atoms with Gasteiger partial charge in [0.15, 0.2) is 0 Å². The molecule has 1 amide bonds. The first-order chi connectivity index (χ1) is 17.7. The van der Waals surface area contributed by atoms with Crippen molar-refractivity contribution in [3.05, 3.63) is 90.0 Å². The topological polar surface area (TPSA) is 81.7 Å². The van der Waals surface area contributed by atoms with Gasteiger partial charge in [-0.05, 0) is 73.3 Å². The summed E-state index contributed by atoms with van der Waals surface area (Å²) in [7, 11) is 0. The highest BCUT2D eigenvalue weighted by molar-refractivity contribution is 8.13. The van der Waals surface area contributed by atoms with E-state index in [-0.39, 0.29) is 30.5 Å². The second-order valence-electron chi connectivity index (χ2n) is 9.88. The number of carbonyl (C=O) groups excluding carboxylic acids is 3. The van der Waals surface area contributed by atoms with Crippen LogP contribution in [0.4, 0.5) is 4.79 Å². The van der Waals surface area contributed by atoms with Gasteiger partial charge in [-0.25, -0.2) is 4.79 Å². The van der Waals surface area contributed by atoms with Crippen LogP contribution >= 0.6 is 11.8 Å². The highest BCUT2D eigenvalue weighted by Gasteiger charge is 2.30. The van der Waals surface area contributed by atoms with Gasteiger partial charge in [0.05, 0.1) is 0 Å². The van der Waals surface area contributed by atoms with Gasteiger partial charge in [-0.15, -0.1) is 0 Å². The van der Waals surface area contributed by atoms with Gasteiger partial charge in [0.25, 0.3) is 0 Å². The number of nitrogens with one attached hydrogen (secondary N) is 1. The molecule has 0 radical (unpaired) electrons. The molecule has 1 aliphatic rings. The minimum atomic E-state index is -0.909. The summed E-state index contributed by atoms with van der Waals surface area (Å²) in [5, 5.41) is 2.41. The van der Waals surface area contributed by atoms with Gasteiger partial charge in [0.1, 0.15) is 18.2 Å². The van der Waals surface area contributed by atoms with Gasteiger partial charge in [-0.3, -0.25) is 9.59 Å². The number of esters is 1. The van der Waals surface area contributed by atoms with Gasteiger partial charge < -0.3 is 14.8 Å². The molecule has 0 unspecified atom stereocenters. The molecule has 3 aromatic carbocycles. The molecule has 0 saturated carbocycles. The molecule has 0 spiro atoms. The second kappa shape index (κ2) is 11.6. The highest BCUT2D eigenvalue weighted by Crippen LogP contribution is 2.44. The fourth-order valence-corrected chi connectivity index (χ4v) is 5.21. The van der Waals surface area contributed by atoms with E-state index in [1.807, 2.05) is 66.7 Å². The molecule has 4 rings (SSSR count). The van der Waals surface area contributed by atoms with Crippen molar-refractivity contribution < 1.29 is 23.9 Å². The molecule has 1 atom stereocenters. The molecule has 7 heteroatoms. The first kappa shape index (κ1) is 26.5. The molecule has 192 valence electrons. The van der Waals surface area contributed by atoms with E-state index in [0.717, 1.165) is 38.9 Å². The van der Waals surface area contributed by atoms with Crippen molar-refractivity contribution in [2.45, 2.75) is 56.1 Å². The lowest BCUT2D eigenvalue weighted by atomic mass is 9.98. The summed E-state index contributed by atoms with van der Waals surface area (Å²) < 4.78 is 11.0. The largest absolute Gasteiger partial charge is 0.460 e. The lowest BCUT2D eigenvalue weighted by Crippen LogP contribution is -2.41. The Kier molecular flexibility index (Phi) is 8.34. The van der Waals surface area contributed by atoms with E-state index >= 15 is 0 Å². The molecule has 0 fully saturated rings. The molecule has 6 nitrogen and oxygen atoms in total. The van der Waals surface area contributed by atoms with E-state index in [1.54, 1.807) is 20.8 Å². The zero-order valence-electron chi connectivity index (χ0n) is 21.2. The quantitative estimate of drug-likeness (QED) is 0.278. The molecular formula is C30H31NO5S. The summed E-state index contributed by atoms with van der Waals surface area (Å²) in [5.41, 5.74) is 3.85. The van der Waals surface area contributed by atoms with Gasteiger partial charge in [-0.2, -0.15) is 0 Å². The summed E-state index contributed by atoms with van der Waals surface area (Å²) in [6, 6.07) is 24.5. The molecule has 1 N–H and O–H groups in total. The number of hydrogen-bond acceptors (Lipinski definition) is 6. The SMILES string of the molecule is CC(C)(C)OC(=O)CC[C@H](NC(=O)OCC1c2ccccc2-c2ccccc21)C(=O)Sc1ccccc1. The third kappa shape index (κ3) is 7.01. The number of amides is 1. The van der Waals surface area contributed by atoms with Crippen molar-refractivity contribution >= 4 is 28.9 Å². The fourth-order valence-electron chi connectivity index (χ4n) is 4.36. The van der Waals surface area contributed by atoms with Crippen LogP contribution in [-0.4, -0.2) is 35.4 Å². The van der Waals surface area contributed by atoms with Crippen molar-refractivity contribution in [2.75, 3.05) is 6.61 Å². The highest BCUT2D eigenvalue weighted by atomic mass is 32.2. The van der Waals surface area contributed by atoms with Gasteiger partial charge in [0, 0.05) is 17.2 Å². The number of hydrogen-bond donors (Lipinski definition) is 1. The molecule has 3 aromatic rings. The van der Waals surface area contributed by atoms with E-state index in [9.17, 15) is 14.4 Å². The summed E-state index contributed by atoms with van der Waals surface area (Å²) in [4.78, 5) is 39.0. The number of thioether (sulfide) groups is 1. The predicted molar refractivity (Wildman–Crippen MR) is 144 cm³/mol. The molecule has 0 heterocycles. The molecular weight excluding hydrogens is 486 g/mol. The van der Waals surface area contributed by atoms with Crippen molar-refractivity contribution in [1.82, 2.24) is 5.32 Å². The van der Waals surface area contributed by atoms with Gasteiger partial charge in [0.2, 0.25) is 5.12 Å². The predicted octanol–water partition coefficient (Wildman–Crippen LogP) is 6.33. The van der Waals surface area contributed by atoms with Crippen LogP contribution in [0.2, 0.25) is 0 Å². The first-order valence-electron chi connectivity index (χ1n) is 12.3. The van der Waals surface area contributed by atoms with Crippen molar-refractivity contribution in [2.24, 2.45) is 0 Å². The van der Waals surface area contributed by atoms with E-state index in [4.69, 9.17) is 9.47 Å². The van der Waals surface area contributed by atoms with Crippen LogP contribution < -0.4 is 5.32 Å². The fraction of sp³-hybridized carbons (Fsp3) is 0.300. The average Bonchev–Trinajstić information content (AvgIpc) is 3.18. The Bertz CT molecular complexity index is 1220. The lowest BCUT2D eigenvalue weighted by molar-refractivity contribution is -0.155. The van der Waals surface area contributed by atoms with Crippen LogP contribution in [0.5, 0.6) is 0 Å². The minimum Gasteiger partial charge on any atom is -0.460 e. The maximum atomic E-state index is 13.1. The van der Waals surface area contributed by atoms with E-state index in [2.05, 4.69) is 17.4 Å². The zero-order chi connectivity index (χ0) is 26.4. The van der Waals surface area contributed by atoms with Crippen LogP contribution in [0, 0.1) is 0 Å². The van der Waals surface area contributed by atoms with E-state index < -0.39 is 23.7 Å². The zero-order valence-corrected chi connectivity index (χ0v) is 22.0. The second-order valence-corrected chi connectivity index (χ2v) is 11.0. The van der Waals surface area contributed by atoms with Gasteiger partial charge in [-0.1, -0.05) is 66.7 Å². The average molecular weight is 518 g/mol. The van der Waals surface area contributed by atoms with Crippen molar-refractivity contribution in [3.63, 3.8) is 0 Å². The Balaban J connectivity index is 1.42. The number of carbonyl (C=O) groups is 3. The number of benzene rings is 3. The van der Waals surface area contributed by atoms with Crippen molar-refractivity contribution in [3.8, 4) is 11.1 Å². The maximum absolute atomic E-state index is 13.1. The Morgan fingerprint density at radius 2 is 1.43 bits per heavy atom. The Hall–Kier alpha value is -3.58. The van der Waals surface area contributed by atoms with Crippen LogP contribution in [0.15, 0.2) is 83.8 Å². The summed E-state index contributed by atoms with van der Waals surface area (Å²) >= 11 is 1.02. The Labute approximate surface area is 221 Å². The van der Waals surface area contributed by atoms with E-state index in [1.165, 1.54) is 0 Å². The lowest BCUT2D eigenvalue weighted by Gasteiger charge is -2.21. The smallest absolute Gasteiger partial charge is 0.407 e. The number of fused-ring (bicyclic) bond motifs is 3. The Morgan fingerprint density at radius 3 is 2.03 bits per heavy atom. The van der Waals surface area contributed by atoms with Crippen LogP contribution in [-0.2, 0) is 19.1 Å². The third-order valence-corrected chi connectivity index (χ3v) is 6.93. The summed E-state index contributed by atoms with van der Waals surface area (Å²) in [6.45, 7) is 5.49. The number of ether oxygens (including phenoxy) is 2. The third-order valence-electron chi connectivity index (χ3n) is 5.94. The molecule has 0 saturated heterocycles. The minimum absolute atomic E-state index is 0.00726. The standard InChI is InChI=1S/C30H31NO5S/c1-30(2,3)36-27(32)18-17-26(28(33)37-20-11-5-4-6-12-20)31-29(34)35-19-25-23-15-9-7-13-21(23)22-14-8-10-16-24(22)25/h4-16,25-26H,17-19H2,1-3H3,(H,31,34)/t26-/m0/s1. The molecule has 37 heavy (non-hydrogen) atoms. The molecule has 0 bridgehead atoms. The molecule has 1 aliphatic carbocycles. The van der Waals surface area contributed by atoms with Crippen LogP contribution in [0.25, 0.3) is 11.1 Å². The molecule has 0 aliphatic heterocycles. The number of rotatable bonds is 8.